The third-order valence-electron chi connectivity index (χ3n) is 2.62. The summed E-state index contributed by atoms with van der Waals surface area (Å²) in [7, 11) is 0. The predicted molar refractivity (Wildman–Crippen MR) is 62.5 cm³/mol. The Kier molecular flexibility index (Phi) is 3.32. The molecule has 1 aromatic carbocycles. The Hall–Kier alpha value is -0.530. The molecule has 1 fully saturated rings. The Morgan fingerprint density at radius 3 is 2.67 bits per heavy atom. The molecule has 1 aliphatic carbocycles. The lowest BCUT2D eigenvalue weighted by molar-refractivity contribution is -0.118. The van der Waals surface area contributed by atoms with Crippen molar-refractivity contribution in [1.82, 2.24) is 0 Å². The monoisotopic (exact) mass is 242 g/mol. The van der Waals surface area contributed by atoms with Crippen molar-refractivity contribution >= 4 is 29.0 Å². The Morgan fingerprint density at radius 1 is 1.33 bits per heavy atom. The van der Waals surface area contributed by atoms with Crippen molar-refractivity contribution in [3.05, 3.63) is 33.8 Å². The van der Waals surface area contributed by atoms with Crippen molar-refractivity contribution in [2.45, 2.75) is 25.7 Å². The van der Waals surface area contributed by atoms with Gasteiger partial charge in [-0.2, -0.15) is 0 Å². The van der Waals surface area contributed by atoms with Gasteiger partial charge in [0, 0.05) is 22.9 Å². The van der Waals surface area contributed by atoms with Gasteiger partial charge in [-0.3, -0.25) is 4.79 Å². The minimum absolute atomic E-state index is 0.279. The van der Waals surface area contributed by atoms with E-state index in [0.29, 0.717) is 28.8 Å². The molecule has 3 heteroatoms. The maximum atomic E-state index is 11.6. The van der Waals surface area contributed by atoms with E-state index < -0.39 is 0 Å². The van der Waals surface area contributed by atoms with Gasteiger partial charge in [0.2, 0.25) is 0 Å². The first-order valence-corrected chi connectivity index (χ1v) is 5.86. The van der Waals surface area contributed by atoms with E-state index in [1.807, 2.05) is 6.07 Å². The first kappa shape index (κ1) is 11.0. The van der Waals surface area contributed by atoms with Crippen LogP contribution in [0.15, 0.2) is 18.2 Å². The second-order valence-corrected chi connectivity index (χ2v) is 4.94. The van der Waals surface area contributed by atoms with E-state index in [4.69, 9.17) is 23.2 Å². The number of benzene rings is 1. The van der Waals surface area contributed by atoms with Gasteiger partial charge in [0.1, 0.15) is 5.78 Å². The van der Waals surface area contributed by atoms with Gasteiger partial charge in [-0.1, -0.05) is 29.3 Å². The Balaban J connectivity index is 1.99. The number of hydrogen-bond acceptors (Lipinski definition) is 1. The maximum Gasteiger partial charge on any atom is 0.137 e. The van der Waals surface area contributed by atoms with Gasteiger partial charge in [-0.15, -0.1) is 0 Å². The Morgan fingerprint density at radius 2 is 2.07 bits per heavy atom. The molecule has 0 N–H and O–H groups in total. The summed E-state index contributed by atoms with van der Waals surface area (Å²) in [5.74, 6) is 0.922. The fourth-order valence-electron chi connectivity index (χ4n) is 1.59. The molecule has 0 heterocycles. The highest BCUT2D eigenvalue weighted by atomic mass is 35.5. The van der Waals surface area contributed by atoms with Crippen LogP contribution in [-0.2, 0) is 11.2 Å². The van der Waals surface area contributed by atoms with Gasteiger partial charge in [0.05, 0.1) is 0 Å². The summed E-state index contributed by atoms with van der Waals surface area (Å²) >= 11 is 11.8. The van der Waals surface area contributed by atoms with Gasteiger partial charge < -0.3 is 0 Å². The van der Waals surface area contributed by atoms with E-state index in [2.05, 4.69) is 0 Å². The molecule has 0 radical (unpaired) electrons. The fourth-order valence-corrected chi connectivity index (χ4v) is 2.07. The van der Waals surface area contributed by atoms with E-state index in [0.717, 1.165) is 5.56 Å². The van der Waals surface area contributed by atoms with E-state index in [1.165, 1.54) is 12.8 Å². The van der Waals surface area contributed by atoms with Gasteiger partial charge in [0.25, 0.3) is 0 Å². The smallest absolute Gasteiger partial charge is 0.137 e. The molecule has 1 saturated carbocycles. The van der Waals surface area contributed by atoms with E-state index in [1.54, 1.807) is 12.1 Å². The summed E-state index contributed by atoms with van der Waals surface area (Å²) in [6.07, 6.45) is 3.56. The fraction of sp³-hybridized carbons (Fsp3) is 0.417. The quantitative estimate of drug-likeness (QED) is 0.783. The Bertz CT molecular complexity index is 383. The minimum atomic E-state index is 0.279. The molecule has 0 unspecified atom stereocenters. The maximum absolute atomic E-state index is 11.6. The number of carbonyl (C=O) groups is 1. The lowest BCUT2D eigenvalue weighted by Crippen LogP contribution is -2.03. The predicted octanol–water partition coefficient (Wildman–Crippen LogP) is 3.91. The average molecular weight is 243 g/mol. The SMILES string of the molecule is O=C(Cc1ccc(Cl)cc1Cl)CC1CC1. The normalized spacial score (nSPS) is 15.3. The molecule has 0 amide bonds. The van der Waals surface area contributed by atoms with Crippen molar-refractivity contribution in [1.29, 1.82) is 0 Å². The molecule has 0 spiro atoms. The summed E-state index contributed by atoms with van der Waals surface area (Å²) in [6.45, 7) is 0. The van der Waals surface area contributed by atoms with Crippen LogP contribution in [-0.4, -0.2) is 5.78 Å². The van der Waals surface area contributed by atoms with Gasteiger partial charge >= 0.3 is 0 Å². The summed E-state index contributed by atoms with van der Waals surface area (Å²) in [5.41, 5.74) is 0.881. The highest BCUT2D eigenvalue weighted by Gasteiger charge is 2.24. The molecule has 1 aromatic rings. The molecular weight excluding hydrogens is 231 g/mol. The number of Topliss-reactive ketones (excluding diaryl/α,β-unsaturated/α-hetero) is 1. The van der Waals surface area contributed by atoms with Crippen molar-refractivity contribution in [2.75, 3.05) is 0 Å². The largest absolute Gasteiger partial charge is 0.299 e. The van der Waals surface area contributed by atoms with Crippen molar-refractivity contribution in [3.63, 3.8) is 0 Å². The average Bonchev–Trinajstić information content (AvgIpc) is 2.94. The van der Waals surface area contributed by atoms with Crippen molar-refractivity contribution in [3.8, 4) is 0 Å². The standard InChI is InChI=1S/C12H12Cl2O/c13-10-4-3-9(12(14)7-10)6-11(15)5-8-1-2-8/h3-4,7-8H,1-2,5-6H2. The van der Waals surface area contributed by atoms with Crippen LogP contribution >= 0.6 is 23.2 Å². The highest BCUT2D eigenvalue weighted by molar-refractivity contribution is 6.35. The third-order valence-corrected chi connectivity index (χ3v) is 3.20. The molecule has 0 aromatic heterocycles. The highest BCUT2D eigenvalue weighted by Crippen LogP contribution is 2.33. The summed E-state index contributed by atoms with van der Waals surface area (Å²) in [5, 5.41) is 1.20. The van der Waals surface area contributed by atoms with Crippen LogP contribution in [0.5, 0.6) is 0 Å². The van der Waals surface area contributed by atoms with Gasteiger partial charge in [-0.05, 0) is 36.5 Å². The lowest BCUT2D eigenvalue weighted by Gasteiger charge is -2.03. The number of hydrogen-bond donors (Lipinski definition) is 0. The van der Waals surface area contributed by atoms with Crippen LogP contribution in [0.2, 0.25) is 10.0 Å². The molecular formula is C12H12Cl2O. The van der Waals surface area contributed by atoms with E-state index >= 15 is 0 Å². The zero-order chi connectivity index (χ0) is 10.8. The van der Waals surface area contributed by atoms with Crippen LogP contribution in [0.1, 0.15) is 24.8 Å². The topological polar surface area (TPSA) is 17.1 Å². The molecule has 1 nitrogen and oxygen atoms in total. The summed E-state index contributed by atoms with van der Waals surface area (Å²) in [4.78, 5) is 11.6. The number of ketones is 1. The second kappa shape index (κ2) is 4.54. The minimum Gasteiger partial charge on any atom is -0.299 e. The van der Waals surface area contributed by atoms with Crippen molar-refractivity contribution in [2.24, 2.45) is 5.92 Å². The Labute approximate surface area is 99.4 Å². The molecule has 15 heavy (non-hydrogen) atoms. The summed E-state index contributed by atoms with van der Waals surface area (Å²) < 4.78 is 0. The van der Waals surface area contributed by atoms with Crippen molar-refractivity contribution < 1.29 is 4.79 Å². The molecule has 80 valence electrons. The number of rotatable bonds is 4. The molecule has 1 aliphatic rings. The van der Waals surface area contributed by atoms with E-state index in [-0.39, 0.29) is 5.78 Å². The van der Waals surface area contributed by atoms with Crippen LogP contribution in [0.25, 0.3) is 0 Å². The zero-order valence-corrected chi connectivity index (χ0v) is 9.81. The van der Waals surface area contributed by atoms with Gasteiger partial charge in [0.15, 0.2) is 0 Å². The number of halogens is 2. The first-order valence-electron chi connectivity index (χ1n) is 5.11. The van der Waals surface area contributed by atoms with Crippen LogP contribution in [0.3, 0.4) is 0 Å². The molecule has 0 bridgehead atoms. The van der Waals surface area contributed by atoms with Crippen LogP contribution < -0.4 is 0 Å². The van der Waals surface area contributed by atoms with Crippen LogP contribution in [0, 0.1) is 5.92 Å². The first-order chi connectivity index (χ1) is 7.15. The molecule has 2 rings (SSSR count). The number of carbonyl (C=O) groups excluding carboxylic acids is 1. The zero-order valence-electron chi connectivity index (χ0n) is 8.30. The van der Waals surface area contributed by atoms with Crippen LogP contribution in [0.4, 0.5) is 0 Å². The van der Waals surface area contributed by atoms with Gasteiger partial charge in [-0.25, -0.2) is 0 Å². The molecule has 0 saturated heterocycles. The lowest BCUT2D eigenvalue weighted by atomic mass is 10.1. The second-order valence-electron chi connectivity index (χ2n) is 4.10. The molecule has 0 aliphatic heterocycles. The van der Waals surface area contributed by atoms with E-state index in [9.17, 15) is 4.79 Å². The summed E-state index contributed by atoms with van der Waals surface area (Å²) in [6, 6.07) is 5.28. The molecule has 0 atom stereocenters. The third kappa shape index (κ3) is 3.22.